The molecule has 0 spiro atoms. The molecular formula is C26H33N5O3. The number of hydrogen-bond donors (Lipinski definition) is 2. The number of anilines is 2. The second kappa shape index (κ2) is 10.6. The van der Waals surface area contributed by atoms with E-state index in [4.69, 9.17) is 5.73 Å². The summed E-state index contributed by atoms with van der Waals surface area (Å²) in [6, 6.07) is 13.6. The summed E-state index contributed by atoms with van der Waals surface area (Å²) in [4.78, 5) is 42.8. The number of nitrogens with zero attached hydrogens (tertiary/aromatic N) is 3. The highest BCUT2D eigenvalue weighted by Crippen LogP contribution is 2.25. The molecule has 3 amide bonds. The Balaban J connectivity index is 1.34. The number of aryl methyl sites for hydroxylation is 1. The maximum absolute atomic E-state index is 12.6. The number of nitrogens with two attached hydrogens (primary N) is 1. The number of piperazine rings is 1. The van der Waals surface area contributed by atoms with Gasteiger partial charge in [-0.3, -0.25) is 14.4 Å². The number of nitrogens with one attached hydrogen (secondary N) is 1. The highest BCUT2D eigenvalue weighted by atomic mass is 16.2. The molecule has 0 aliphatic carbocycles. The van der Waals surface area contributed by atoms with Crippen LogP contribution in [0.3, 0.4) is 0 Å². The van der Waals surface area contributed by atoms with Gasteiger partial charge >= 0.3 is 0 Å². The first kappa shape index (κ1) is 23.6. The van der Waals surface area contributed by atoms with E-state index in [1.807, 2.05) is 11.0 Å². The van der Waals surface area contributed by atoms with Crippen LogP contribution in [0, 0.1) is 6.92 Å². The summed E-state index contributed by atoms with van der Waals surface area (Å²) in [7, 11) is 0. The first-order valence-electron chi connectivity index (χ1n) is 12.0. The number of primary amides is 1. The zero-order chi connectivity index (χ0) is 24.1. The summed E-state index contributed by atoms with van der Waals surface area (Å²) in [5.41, 5.74) is 9.65. The Morgan fingerprint density at radius 1 is 0.971 bits per heavy atom. The van der Waals surface area contributed by atoms with E-state index in [-0.39, 0.29) is 11.8 Å². The molecule has 2 fully saturated rings. The molecule has 0 aromatic heterocycles. The molecule has 4 rings (SSSR count). The molecular weight excluding hydrogens is 430 g/mol. The first-order valence-corrected chi connectivity index (χ1v) is 12.0. The summed E-state index contributed by atoms with van der Waals surface area (Å²) < 4.78 is 0. The number of hydrogen-bond acceptors (Lipinski definition) is 5. The van der Waals surface area contributed by atoms with Crippen LogP contribution in [-0.4, -0.2) is 68.4 Å². The molecule has 2 aliphatic heterocycles. The number of carbonyl (C=O) groups excluding carboxylic acids is 3. The van der Waals surface area contributed by atoms with E-state index in [1.165, 1.54) is 11.3 Å². The largest absolute Gasteiger partial charge is 0.368 e. The lowest BCUT2D eigenvalue weighted by Crippen LogP contribution is -2.47. The van der Waals surface area contributed by atoms with Gasteiger partial charge < -0.3 is 25.8 Å². The van der Waals surface area contributed by atoms with E-state index in [0.29, 0.717) is 37.1 Å². The second-order valence-electron chi connectivity index (χ2n) is 9.00. The number of carbonyl (C=O) groups is 3. The minimum atomic E-state index is -0.543. The minimum absolute atomic E-state index is 0.188. The van der Waals surface area contributed by atoms with Gasteiger partial charge in [0.25, 0.3) is 11.8 Å². The summed E-state index contributed by atoms with van der Waals surface area (Å²) in [5, 5.41) is 2.88. The molecule has 2 heterocycles. The number of benzene rings is 2. The highest BCUT2D eigenvalue weighted by molar-refractivity contribution is 6.03. The van der Waals surface area contributed by atoms with Crippen molar-refractivity contribution in [3.63, 3.8) is 0 Å². The fraction of sp³-hybridized carbons (Fsp3) is 0.423. The average molecular weight is 464 g/mol. The maximum Gasteiger partial charge on any atom is 0.251 e. The van der Waals surface area contributed by atoms with Crippen molar-refractivity contribution >= 4 is 29.1 Å². The SMILES string of the molecule is Cc1ccc(N2CCN(c3ccc(C(=O)NCCCN4CCCC4=O)cc3C(N)=O)CC2)cc1. The molecule has 0 bridgehead atoms. The monoisotopic (exact) mass is 463 g/mol. The lowest BCUT2D eigenvalue weighted by Gasteiger charge is -2.38. The van der Waals surface area contributed by atoms with Gasteiger partial charge in [-0.15, -0.1) is 0 Å². The Labute approximate surface area is 200 Å². The van der Waals surface area contributed by atoms with E-state index >= 15 is 0 Å². The summed E-state index contributed by atoms with van der Waals surface area (Å²) in [5.74, 6) is -0.600. The molecule has 0 atom stereocenters. The second-order valence-corrected chi connectivity index (χ2v) is 9.00. The van der Waals surface area contributed by atoms with Gasteiger partial charge in [0.1, 0.15) is 0 Å². The zero-order valence-electron chi connectivity index (χ0n) is 19.8. The Bertz CT molecular complexity index is 1040. The van der Waals surface area contributed by atoms with Gasteiger partial charge in [-0.05, 0) is 50.1 Å². The Morgan fingerprint density at radius 3 is 2.32 bits per heavy atom. The van der Waals surface area contributed by atoms with E-state index < -0.39 is 5.91 Å². The molecule has 0 radical (unpaired) electrons. The van der Waals surface area contributed by atoms with Crippen LogP contribution in [0.25, 0.3) is 0 Å². The van der Waals surface area contributed by atoms with Crippen molar-refractivity contribution in [2.24, 2.45) is 5.73 Å². The van der Waals surface area contributed by atoms with Crippen molar-refractivity contribution < 1.29 is 14.4 Å². The topological polar surface area (TPSA) is 99.0 Å². The van der Waals surface area contributed by atoms with Crippen molar-refractivity contribution in [2.75, 3.05) is 55.6 Å². The molecule has 2 aliphatic rings. The minimum Gasteiger partial charge on any atom is -0.368 e. The third kappa shape index (κ3) is 5.50. The first-order chi connectivity index (χ1) is 16.4. The van der Waals surface area contributed by atoms with Crippen LogP contribution in [0.15, 0.2) is 42.5 Å². The van der Waals surface area contributed by atoms with Gasteiger partial charge in [0.05, 0.1) is 5.56 Å². The van der Waals surface area contributed by atoms with Crippen LogP contribution < -0.4 is 20.9 Å². The quantitative estimate of drug-likeness (QED) is 0.585. The van der Waals surface area contributed by atoms with Crippen molar-refractivity contribution in [2.45, 2.75) is 26.2 Å². The van der Waals surface area contributed by atoms with Crippen LogP contribution in [0.4, 0.5) is 11.4 Å². The van der Waals surface area contributed by atoms with Crippen molar-refractivity contribution in [1.82, 2.24) is 10.2 Å². The predicted octanol–water partition coefficient (Wildman–Crippen LogP) is 2.16. The Hall–Kier alpha value is -3.55. The van der Waals surface area contributed by atoms with Crippen molar-refractivity contribution in [1.29, 1.82) is 0 Å². The van der Waals surface area contributed by atoms with Crippen molar-refractivity contribution in [3.05, 3.63) is 59.2 Å². The average Bonchev–Trinajstić information content (AvgIpc) is 3.26. The lowest BCUT2D eigenvalue weighted by atomic mass is 10.1. The smallest absolute Gasteiger partial charge is 0.251 e. The van der Waals surface area contributed by atoms with Gasteiger partial charge in [0, 0.05) is 69.2 Å². The van der Waals surface area contributed by atoms with Gasteiger partial charge in [0.2, 0.25) is 5.91 Å². The van der Waals surface area contributed by atoms with E-state index in [2.05, 4.69) is 46.3 Å². The maximum atomic E-state index is 12.6. The normalized spacial score (nSPS) is 16.1. The summed E-state index contributed by atoms with van der Waals surface area (Å²) in [6.07, 6.45) is 2.23. The molecule has 180 valence electrons. The summed E-state index contributed by atoms with van der Waals surface area (Å²) in [6.45, 7) is 7.19. The van der Waals surface area contributed by atoms with E-state index in [0.717, 1.165) is 44.8 Å². The van der Waals surface area contributed by atoms with Gasteiger partial charge in [-0.2, -0.15) is 0 Å². The molecule has 3 N–H and O–H groups in total. The molecule has 8 heteroatoms. The summed E-state index contributed by atoms with van der Waals surface area (Å²) >= 11 is 0. The van der Waals surface area contributed by atoms with Crippen LogP contribution in [0.1, 0.15) is 45.5 Å². The number of likely N-dealkylation sites (tertiary alicyclic amines) is 1. The van der Waals surface area contributed by atoms with Gasteiger partial charge in [-0.25, -0.2) is 0 Å². The van der Waals surface area contributed by atoms with E-state index in [1.54, 1.807) is 12.1 Å². The van der Waals surface area contributed by atoms with Crippen LogP contribution in [-0.2, 0) is 4.79 Å². The lowest BCUT2D eigenvalue weighted by molar-refractivity contribution is -0.127. The predicted molar refractivity (Wildman–Crippen MR) is 133 cm³/mol. The number of rotatable bonds is 8. The Morgan fingerprint density at radius 2 is 1.68 bits per heavy atom. The third-order valence-corrected chi connectivity index (χ3v) is 6.61. The van der Waals surface area contributed by atoms with Crippen LogP contribution in [0.2, 0.25) is 0 Å². The standard InChI is InChI=1S/C26H33N5O3/c1-19-5-8-21(9-6-19)29-14-16-30(17-15-29)23-10-7-20(18-22(23)25(27)33)26(34)28-11-3-13-31-12-2-4-24(31)32/h5-10,18H,2-4,11-17H2,1H3,(H2,27,33)(H,28,34). The number of amides is 3. The van der Waals surface area contributed by atoms with Crippen LogP contribution in [0.5, 0.6) is 0 Å². The zero-order valence-corrected chi connectivity index (χ0v) is 19.8. The third-order valence-electron chi connectivity index (χ3n) is 6.61. The fourth-order valence-electron chi connectivity index (χ4n) is 4.63. The molecule has 0 unspecified atom stereocenters. The van der Waals surface area contributed by atoms with E-state index in [9.17, 15) is 14.4 Å². The molecule has 2 saturated heterocycles. The molecule has 2 aromatic rings. The van der Waals surface area contributed by atoms with Gasteiger partial charge in [0.15, 0.2) is 0 Å². The highest BCUT2D eigenvalue weighted by Gasteiger charge is 2.23. The van der Waals surface area contributed by atoms with Gasteiger partial charge in [-0.1, -0.05) is 17.7 Å². The fourth-order valence-corrected chi connectivity index (χ4v) is 4.63. The molecule has 2 aromatic carbocycles. The molecule has 34 heavy (non-hydrogen) atoms. The molecule has 0 saturated carbocycles. The molecule has 8 nitrogen and oxygen atoms in total. The van der Waals surface area contributed by atoms with Crippen LogP contribution >= 0.6 is 0 Å². The van der Waals surface area contributed by atoms with Crippen molar-refractivity contribution in [3.8, 4) is 0 Å². The Kier molecular flexibility index (Phi) is 7.35.